The Bertz CT molecular complexity index is 353. The van der Waals surface area contributed by atoms with Crippen molar-refractivity contribution >= 4 is 5.82 Å². The van der Waals surface area contributed by atoms with E-state index in [9.17, 15) is 4.39 Å². The van der Waals surface area contributed by atoms with Crippen LogP contribution in [0.2, 0.25) is 0 Å². The molecule has 3 nitrogen and oxygen atoms in total. The quantitative estimate of drug-likeness (QED) is 0.806. The van der Waals surface area contributed by atoms with Crippen LogP contribution >= 0.6 is 0 Å². The van der Waals surface area contributed by atoms with Gasteiger partial charge in [-0.05, 0) is 36.8 Å². The number of halogens is 1. The normalized spacial score (nSPS) is 17.1. The number of nitrogens with zero attached hydrogens (tertiary/aromatic N) is 1. The molecule has 0 aromatic carbocycles. The first-order valence-electron chi connectivity index (χ1n) is 5.59. The summed E-state index contributed by atoms with van der Waals surface area (Å²) in [5.41, 5.74) is 0.306. The summed E-state index contributed by atoms with van der Waals surface area (Å²) in [5, 5.41) is 3.08. The van der Waals surface area contributed by atoms with E-state index in [2.05, 4.69) is 10.3 Å². The maximum absolute atomic E-state index is 13.3. The summed E-state index contributed by atoms with van der Waals surface area (Å²) in [6.07, 6.45) is 5.01. The van der Waals surface area contributed by atoms with Gasteiger partial charge in [-0.1, -0.05) is 0 Å². The molecule has 2 rings (SSSR count). The van der Waals surface area contributed by atoms with Crippen molar-refractivity contribution in [1.29, 1.82) is 0 Å². The fourth-order valence-electron chi connectivity index (χ4n) is 1.80. The van der Waals surface area contributed by atoms with Gasteiger partial charge in [-0.15, -0.1) is 0 Å². The van der Waals surface area contributed by atoms with Crippen LogP contribution in [-0.4, -0.2) is 25.2 Å². The number of nitrogens with one attached hydrogen (secondary N) is 1. The maximum Gasteiger partial charge on any atom is 0.165 e. The van der Waals surface area contributed by atoms with E-state index < -0.39 is 0 Å². The minimum absolute atomic E-state index is 0.287. The van der Waals surface area contributed by atoms with E-state index in [1.165, 1.54) is 18.9 Å². The predicted octanol–water partition coefficient (Wildman–Crippen LogP) is 2.45. The summed E-state index contributed by atoms with van der Waals surface area (Å²) >= 11 is 0. The largest absolute Gasteiger partial charge is 0.385 e. The summed E-state index contributed by atoms with van der Waals surface area (Å²) in [6, 6.07) is 3.02. The van der Waals surface area contributed by atoms with Gasteiger partial charge in [-0.3, -0.25) is 0 Å². The zero-order chi connectivity index (χ0) is 11.4. The summed E-state index contributed by atoms with van der Waals surface area (Å²) in [6.45, 7) is 1.55. The third kappa shape index (κ3) is 2.70. The van der Waals surface area contributed by atoms with Gasteiger partial charge in [-0.25, -0.2) is 9.37 Å². The van der Waals surface area contributed by atoms with Crippen LogP contribution in [-0.2, 0) is 4.74 Å². The summed E-state index contributed by atoms with van der Waals surface area (Å²) in [5.74, 6) is 0.0660. The van der Waals surface area contributed by atoms with Crippen molar-refractivity contribution in [2.24, 2.45) is 5.41 Å². The van der Waals surface area contributed by atoms with Gasteiger partial charge >= 0.3 is 0 Å². The van der Waals surface area contributed by atoms with Crippen molar-refractivity contribution in [2.75, 3.05) is 25.6 Å². The lowest BCUT2D eigenvalue weighted by molar-refractivity contribution is 0.175. The smallest absolute Gasteiger partial charge is 0.165 e. The molecule has 0 radical (unpaired) electrons. The van der Waals surface area contributed by atoms with Crippen molar-refractivity contribution in [1.82, 2.24) is 4.98 Å². The fourth-order valence-corrected chi connectivity index (χ4v) is 1.80. The van der Waals surface area contributed by atoms with Crippen LogP contribution in [0.1, 0.15) is 19.3 Å². The standard InChI is InChI=1S/C12H17FN2O/c1-16-8-6-12(4-5-12)9-15-11-10(13)3-2-7-14-11/h2-3,7H,4-6,8-9H2,1H3,(H,14,15). The molecule has 0 atom stereocenters. The highest BCUT2D eigenvalue weighted by Gasteiger charge is 2.41. The average Bonchev–Trinajstić information content (AvgIpc) is 3.06. The predicted molar refractivity (Wildman–Crippen MR) is 60.8 cm³/mol. The summed E-state index contributed by atoms with van der Waals surface area (Å²) in [7, 11) is 1.71. The summed E-state index contributed by atoms with van der Waals surface area (Å²) in [4.78, 5) is 3.97. The van der Waals surface area contributed by atoms with Crippen LogP contribution < -0.4 is 5.32 Å². The lowest BCUT2D eigenvalue weighted by Crippen LogP contribution is -2.18. The Kier molecular flexibility index (Phi) is 3.39. The molecule has 1 aromatic heterocycles. The Morgan fingerprint density at radius 3 is 3.00 bits per heavy atom. The topological polar surface area (TPSA) is 34.1 Å². The van der Waals surface area contributed by atoms with Crippen LogP contribution in [0.15, 0.2) is 18.3 Å². The Morgan fingerprint density at radius 2 is 2.38 bits per heavy atom. The first kappa shape index (κ1) is 11.3. The number of anilines is 1. The third-order valence-electron chi connectivity index (χ3n) is 3.18. The number of ether oxygens (including phenoxy) is 1. The van der Waals surface area contributed by atoms with Crippen LogP contribution in [0.4, 0.5) is 10.2 Å². The van der Waals surface area contributed by atoms with Crippen LogP contribution in [0, 0.1) is 11.2 Å². The molecule has 1 aliphatic carbocycles. The molecule has 0 saturated heterocycles. The molecule has 0 aliphatic heterocycles. The molecule has 1 aliphatic rings. The Morgan fingerprint density at radius 1 is 1.56 bits per heavy atom. The molecular weight excluding hydrogens is 207 g/mol. The van der Waals surface area contributed by atoms with Gasteiger partial charge in [0.05, 0.1) is 0 Å². The number of methoxy groups -OCH3 is 1. The SMILES string of the molecule is COCCC1(CNc2ncccc2F)CC1. The van der Waals surface area contributed by atoms with E-state index in [1.54, 1.807) is 19.4 Å². The van der Waals surface area contributed by atoms with E-state index in [0.717, 1.165) is 19.6 Å². The zero-order valence-electron chi connectivity index (χ0n) is 9.50. The van der Waals surface area contributed by atoms with Crippen LogP contribution in [0.5, 0.6) is 0 Å². The molecule has 16 heavy (non-hydrogen) atoms. The molecule has 1 saturated carbocycles. The number of rotatable bonds is 6. The van der Waals surface area contributed by atoms with Crippen molar-refractivity contribution in [2.45, 2.75) is 19.3 Å². The number of hydrogen-bond donors (Lipinski definition) is 1. The molecule has 1 aromatic rings. The van der Waals surface area contributed by atoms with Gasteiger partial charge in [0.25, 0.3) is 0 Å². The van der Waals surface area contributed by atoms with E-state index in [1.807, 2.05) is 0 Å². The number of pyridine rings is 1. The fraction of sp³-hybridized carbons (Fsp3) is 0.583. The molecule has 0 unspecified atom stereocenters. The number of aromatic nitrogens is 1. The first-order valence-corrected chi connectivity index (χ1v) is 5.59. The van der Waals surface area contributed by atoms with Crippen molar-refractivity contribution < 1.29 is 9.13 Å². The molecule has 1 N–H and O–H groups in total. The molecule has 0 amide bonds. The van der Waals surface area contributed by atoms with Crippen LogP contribution in [0.3, 0.4) is 0 Å². The highest BCUT2D eigenvalue weighted by atomic mass is 19.1. The maximum atomic E-state index is 13.3. The second-order valence-corrected chi connectivity index (χ2v) is 4.43. The van der Waals surface area contributed by atoms with Gasteiger partial charge in [0, 0.05) is 26.5 Å². The lowest BCUT2D eigenvalue weighted by atomic mass is 10.0. The molecule has 0 spiro atoms. The molecular formula is C12H17FN2O. The zero-order valence-corrected chi connectivity index (χ0v) is 9.50. The molecule has 88 valence electrons. The van der Waals surface area contributed by atoms with Gasteiger partial charge < -0.3 is 10.1 Å². The molecule has 0 bridgehead atoms. The first-order chi connectivity index (χ1) is 7.76. The highest BCUT2D eigenvalue weighted by molar-refractivity contribution is 5.36. The minimum Gasteiger partial charge on any atom is -0.385 e. The molecule has 4 heteroatoms. The highest BCUT2D eigenvalue weighted by Crippen LogP contribution is 2.48. The molecule has 1 heterocycles. The van der Waals surface area contributed by atoms with Gasteiger partial charge in [-0.2, -0.15) is 0 Å². The van der Waals surface area contributed by atoms with Gasteiger partial charge in [0.2, 0.25) is 0 Å². The Labute approximate surface area is 95.0 Å². The van der Waals surface area contributed by atoms with E-state index in [-0.39, 0.29) is 5.82 Å². The third-order valence-corrected chi connectivity index (χ3v) is 3.18. The second-order valence-electron chi connectivity index (χ2n) is 4.43. The average molecular weight is 224 g/mol. The van der Waals surface area contributed by atoms with E-state index in [0.29, 0.717) is 11.2 Å². The Hall–Kier alpha value is -1.16. The molecule has 1 fully saturated rings. The van der Waals surface area contributed by atoms with E-state index >= 15 is 0 Å². The van der Waals surface area contributed by atoms with Crippen LogP contribution in [0.25, 0.3) is 0 Å². The Balaban J connectivity index is 1.85. The van der Waals surface area contributed by atoms with Crippen molar-refractivity contribution in [3.8, 4) is 0 Å². The second kappa shape index (κ2) is 4.78. The number of hydrogen-bond acceptors (Lipinski definition) is 3. The summed E-state index contributed by atoms with van der Waals surface area (Å²) < 4.78 is 18.4. The van der Waals surface area contributed by atoms with Gasteiger partial charge in [0.1, 0.15) is 0 Å². The van der Waals surface area contributed by atoms with Crippen molar-refractivity contribution in [3.63, 3.8) is 0 Å². The van der Waals surface area contributed by atoms with E-state index in [4.69, 9.17) is 4.74 Å². The lowest BCUT2D eigenvalue weighted by Gasteiger charge is -2.15. The monoisotopic (exact) mass is 224 g/mol. The van der Waals surface area contributed by atoms with Crippen molar-refractivity contribution in [3.05, 3.63) is 24.1 Å². The van der Waals surface area contributed by atoms with Gasteiger partial charge in [0.15, 0.2) is 11.6 Å². The minimum atomic E-state index is -0.287.